The first-order chi connectivity index (χ1) is 7.81. The quantitative estimate of drug-likeness (QED) is 0.824. The fourth-order valence-corrected chi connectivity index (χ4v) is 1.64. The fraction of sp³-hybridized carbons (Fsp3) is 0.333. The maximum Gasteiger partial charge on any atom is 0.151 e. The van der Waals surface area contributed by atoms with Gasteiger partial charge in [0.25, 0.3) is 0 Å². The second-order valence-corrected chi connectivity index (χ2v) is 3.74. The molecule has 0 unspecified atom stereocenters. The Bertz CT molecular complexity index is 447. The Labute approximate surface area is 95.1 Å². The van der Waals surface area contributed by atoms with E-state index in [9.17, 15) is 0 Å². The molecule has 0 spiro atoms. The van der Waals surface area contributed by atoms with Gasteiger partial charge in [0.2, 0.25) is 0 Å². The summed E-state index contributed by atoms with van der Waals surface area (Å²) in [5.74, 6) is 0.931. The van der Waals surface area contributed by atoms with Crippen molar-refractivity contribution in [2.24, 2.45) is 0 Å². The zero-order valence-electron chi connectivity index (χ0n) is 9.62. The Balaban J connectivity index is 2.02. The van der Waals surface area contributed by atoms with Gasteiger partial charge in [-0.15, -0.1) is 0 Å². The van der Waals surface area contributed by atoms with Crippen LogP contribution in [0.3, 0.4) is 0 Å². The lowest BCUT2D eigenvalue weighted by Crippen LogP contribution is -2.01. The van der Waals surface area contributed by atoms with E-state index in [1.54, 1.807) is 6.20 Å². The molecule has 2 aromatic heterocycles. The van der Waals surface area contributed by atoms with Gasteiger partial charge in [-0.1, -0.05) is 13.0 Å². The minimum atomic E-state index is 0.753. The Morgan fingerprint density at radius 1 is 1.44 bits per heavy atom. The summed E-state index contributed by atoms with van der Waals surface area (Å²) < 4.78 is 0. The van der Waals surface area contributed by atoms with E-state index < -0.39 is 0 Å². The molecule has 0 saturated carbocycles. The molecule has 84 valence electrons. The first kappa shape index (κ1) is 10.7. The highest BCUT2D eigenvalue weighted by atomic mass is 15.2. The molecule has 2 rings (SSSR count). The van der Waals surface area contributed by atoms with Gasteiger partial charge in [-0.25, -0.2) is 0 Å². The van der Waals surface area contributed by atoms with Crippen LogP contribution in [0.25, 0.3) is 0 Å². The molecule has 0 aliphatic carbocycles. The van der Waals surface area contributed by atoms with Crippen LogP contribution >= 0.6 is 0 Å². The Morgan fingerprint density at radius 3 is 2.94 bits per heavy atom. The van der Waals surface area contributed by atoms with Gasteiger partial charge in [-0.2, -0.15) is 5.10 Å². The molecular weight excluding hydrogens is 200 g/mol. The highest BCUT2D eigenvalue weighted by molar-refractivity contribution is 5.45. The largest absolute Gasteiger partial charge is 0.364 e. The third kappa shape index (κ3) is 2.21. The van der Waals surface area contributed by atoms with Gasteiger partial charge >= 0.3 is 0 Å². The summed E-state index contributed by atoms with van der Waals surface area (Å²) in [4.78, 5) is 4.07. The first-order valence-corrected chi connectivity index (χ1v) is 5.48. The van der Waals surface area contributed by atoms with E-state index in [-0.39, 0.29) is 0 Å². The lowest BCUT2D eigenvalue weighted by Gasteiger charge is -2.03. The second kappa shape index (κ2) is 4.79. The molecule has 16 heavy (non-hydrogen) atoms. The van der Waals surface area contributed by atoms with Crippen LogP contribution < -0.4 is 5.32 Å². The predicted octanol–water partition coefficient (Wildman–Crippen LogP) is 2.29. The van der Waals surface area contributed by atoms with Crippen molar-refractivity contribution in [2.45, 2.75) is 26.8 Å². The van der Waals surface area contributed by atoms with Crippen molar-refractivity contribution in [1.82, 2.24) is 15.2 Å². The molecule has 0 bridgehead atoms. The average molecular weight is 216 g/mol. The number of pyridine rings is 1. The van der Waals surface area contributed by atoms with Gasteiger partial charge < -0.3 is 5.32 Å². The van der Waals surface area contributed by atoms with Crippen molar-refractivity contribution in [3.05, 3.63) is 41.3 Å². The minimum absolute atomic E-state index is 0.753. The van der Waals surface area contributed by atoms with Crippen LogP contribution in [0.1, 0.15) is 23.7 Å². The lowest BCUT2D eigenvalue weighted by atomic mass is 10.2. The van der Waals surface area contributed by atoms with E-state index in [0.29, 0.717) is 0 Å². The van der Waals surface area contributed by atoms with Crippen molar-refractivity contribution in [2.75, 3.05) is 5.32 Å². The molecule has 0 aliphatic rings. The summed E-state index contributed by atoms with van der Waals surface area (Å²) in [6.45, 7) is 4.95. The molecule has 0 aromatic carbocycles. The zero-order valence-corrected chi connectivity index (χ0v) is 9.62. The van der Waals surface area contributed by atoms with Gasteiger partial charge in [0.15, 0.2) is 5.82 Å². The van der Waals surface area contributed by atoms with Crippen LogP contribution in [0.2, 0.25) is 0 Å². The summed E-state index contributed by atoms with van der Waals surface area (Å²) in [5, 5.41) is 10.6. The van der Waals surface area contributed by atoms with Crippen molar-refractivity contribution in [3.63, 3.8) is 0 Å². The third-order valence-corrected chi connectivity index (χ3v) is 2.65. The highest BCUT2D eigenvalue weighted by Crippen LogP contribution is 2.15. The van der Waals surface area contributed by atoms with E-state index in [0.717, 1.165) is 24.3 Å². The Morgan fingerprint density at radius 2 is 2.31 bits per heavy atom. The smallest absolute Gasteiger partial charge is 0.151 e. The van der Waals surface area contributed by atoms with Gasteiger partial charge in [0, 0.05) is 30.2 Å². The summed E-state index contributed by atoms with van der Waals surface area (Å²) in [6.07, 6.45) is 4.61. The maximum absolute atomic E-state index is 4.25. The molecule has 2 N–H and O–H groups in total. The van der Waals surface area contributed by atoms with E-state index in [2.05, 4.69) is 34.3 Å². The molecule has 0 amide bonds. The van der Waals surface area contributed by atoms with Gasteiger partial charge in [0.05, 0.1) is 0 Å². The van der Waals surface area contributed by atoms with E-state index >= 15 is 0 Å². The standard InChI is InChI=1S/C12H16N4/c1-3-11-9(2)12(16-15-11)14-8-10-5-4-6-13-7-10/h4-7H,3,8H2,1-2H3,(H2,14,15,16). The zero-order chi connectivity index (χ0) is 11.4. The number of anilines is 1. The monoisotopic (exact) mass is 216 g/mol. The van der Waals surface area contributed by atoms with Crippen LogP contribution in [0, 0.1) is 6.92 Å². The molecule has 0 aliphatic heterocycles. The molecule has 0 fully saturated rings. The van der Waals surface area contributed by atoms with Gasteiger partial charge in [0.1, 0.15) is 0 Å². The average Bonchev–Trinajstić information content (AvgIpc) is 2.69. The number of aromatic nitrogens is 3. The van der Waals surface area contributed by atoms with Crippen LogP contribution in [0.5, 0.6) is 0 Å². The number of hydrogen-bond acceptors (Lipinski definition) is 3. The highest BCUT2D eigenvalue weighted by Gasteiger charge is 2.06. The number of H-pyrrole nitrogens is 1. The number of nitrogens with one attached hydrogen (secondary N) is 2. The summed E-state index contributed by atoms with van der Waals surface area (Å²) in [6, 6.07) is 3.98. The molecular formula is C12H16N4. The van der Waals surface area contributed by atoms with E-state index in [1.807, 2.05) is 18.3 Å². The number of aryl methyl sites for hydroxylation is 1. The Hall–Kier alpha value is -1.84. The molecule has 2 heterocycles. The minimum Gasteiger partial charge on any atom is -0.364 e. The summed E-state index contributed by atoms with van der Waals surface area (Å²) in [7, 11) is 0. The molecule has 0 atom stereocenters. The molecule has 4 heteroatoms. The number of nitrogens with zero attached hydrogens (tertiary/aromatic N) is 2. The normalized spacial score (nSPS) is 10.4. The number of rotatable bonds is 4. The number of aromatic amines is 1. The van der Waals surface area contributed by atoms with Crippen molar-refractivity contribution in [3.8, 4) is 0 Å². The molecule has 4 nitrogen and oxygen atoms in total. The van der Waals surface area contributed by atoms with Crippen LogP contribution in [0.15, 0.2) is 24.5 Å². The lowest BCUT2D eigenvalue weighted by molar-refractivity contribution is 0.965. The topological polar surface area (TPSA) is 53.6 Å². The SMILES string of the molecule is CCc1[nH]nc(NCc2cccnc2)c1C. The molecule has 0 radical (unpaired) electrons. The van der Waals surface area contributed by atoms with Gasteiger partial charge in [-0.05, 0) is 25.0 Å². The summed E-state index contributed by atoms with van der Waals surface area (Å²) in [5.41, 5.74) is 3.54. The maximum atomic E-state index is 4.25. The van der Waals surface area contributed by atoms with Crippen molar-refractivity contribution < 1.29 is 0 Å². The van der Waals surface area contributed by atoms with Crippen LogP contribution in [0.4, 0.5) is 5.82 Å². The van der Waals surface area contributed by atoms with Crippen molar-refractivity contribution >= 4 is 5.82 Å². The summed E-state index contributed by atoms with van der Waals surface area (Å²) >= 11 is 0. The molecule has 2 aromatic rings. The van der Waals surface area contributed by atoms with E-state index in [4.69, 9.17) is 0 Å². The van der Waals surface area contributed by atoms with Crippen LogP contribution in [-0.4, -0.2) is 15.2 Å². The number of hydrogen-bond donors (Lipinski definition) is 2. The predicted molar refractivity (Wildman–Crippen MR) is 64.3 cm³/mol. The Kier molecular flexibility index (Phi) is 3.19. The molecule has 0 saturated heterocycles. The fourth-order valence-electron chi connectivity index (χ4n) is 1.64. The van der Waals surface area contributed by atoms with Crippen molar-refractivity contribution in [1.29, 1.82) is 0 Å². The first-order valence-electron chi connectivity index (χ1n) is 5.48. The van der Waals surface area contributed by atoms with Crippen LogP contribution in [-0.2, 0) is 13.0 Å². The second-order valence-electron chi connectivity index (χ2n) is 3.74. The van der Waals surface area contributed by atoms with Gasteiger partial charge in [-0.3, -0.25) is 10.1 Å². The van der Waals surface area contributed by atoms with E-state index in [1.165, 1.54) is 11.3 Å². The third-order valence-electron chi connectivity index (χ3n) is 2.65.